The molecule has 6 heteroatoms. The first kappa shape index (κ1) is 17.9. The quantitative estimate of drug-likeness (QED) is 0.702. The molecule has 1 heterocycles. The lowest BCUT2D eigenvalue weighted by molar-refractivity contribution is -0.122. The first-order chi connectivity index (χ1) is 10.1. The number of ether oxygens (including phenoxy) is 1. The molecule has 1 aliphatic rings. The van der Waals surface area contributed by atoms with Crippen molar-refractivity contribution in [1.29, 1.82) is 0 Å². The Hall–Kier alpha value is -1.14. The normalized spacial score (nSPS) is 18.8. The van der Waals surface area contributed by atoms with E-state index in [1.54, 1.807) is 7.05 Å². The number of hydrogen-bond acceptors (Lipinski definition) is 4. The molecule has 122 valence electrons. The number of nitrogens with zero attached hydrogens (tertiary/aromatic N) is 1. The second kappa shape index (κ2) is 9.73. The molecule has 0 aromatic carbocycles. The minimum absolute atomic E-state index is 0.126. The van der Waals surface area contributed by atoms with Gasteiger partial charge in [0.2, 0.25) is 0 Å². The molecular weight excluding hydrogens is 270 g/mol. The van der Waals surface area contributed by atoms with Crippen molar-refractivity contribution in [2.24, 2.45) is 5.92 Å². The number of hydrogen-bond donors (Lipinski definition) is 2. The number of ketones is 1. The summed E-state index contributed by atoms with van der Waals surface area (Å²) in [5.74, 6) is 0.277. The van der Waals surface area contributed by atoms with Gasteiger partial charge in [0.05, 0.1) is 19.3 Å². The Labute approximate surface area is 127 Å². The van der Waals surface area contributed by atoms with Crippen molar-refractivity contribution in [1.82, 2.24) is 15.5 Å². The molecule has 0 spiro atoms. The van der Waals surface area contributed by atoms with E-state index in [9.17, 15) is 9.59 Å². The van der Waals surface area contributed by atoms with E-state index in [1.165, 1.54) is 0 Å². The Morgan fingerprint density at radius 1 is 1.29 bits per heavy atom. The second-order valence-corrected chi connectivity index (χ2v) is 5.61. The van der Waals surface area contributed by atoms with E-state index in [0.717, 1.165) is 45.7 Å². The number of carbonyl (C=O) groups excluding carboxylic acids is 2. The molecule has 2 amide bonds. The Morgan fingerprint density at radius 2 is 1.95 bits per heavy atom. The standard InChI is InChI=1S/C15H29N3O3/c1-4-12(2)14(17-15(20)16-3)13(19)6-5-7-18-8-10-21-11-9-18/h12,14H,4-11H2,1-3H3,(H2,16,17,20). The molecule has 6 nitrogen and oxygen atoms in total. The van der Waals surface area contributed by atoms with E-state index in [1.807, 2.05) is 13.8 Å². The van der Waals surface area contributed by atoms with Gasteiger partial charge in [0.25, 0.3) is 0 Å². The molecule has 2 unspecified atom stereocenters. The average Bonchev–Trinajstić information content (AvgIpc) is 2.52. The topological polar surface area (TPSA) is 70.7 Å². The molecule has 0 aromatic rings. The summed E-state index contributed by atoms with van der Waals surface area (Å²) in [6, 6.07) is -0.679. The van der Waals surface area contributed by atoms with E-state index in [2.05, 4.69) is 15.5 Å². The highest BCUT2D eigenvalue weighted by Gasteiger charge is 2.25. The van der Waals surface area contributed by atoms with Crippen LogP contribution in [0.1, 0.15) is 33.1 Å². The maximum Gasteiger partial charge on any atom is 0.315 e. The lowest BCUT2D eigenvalue weighted by Crippen LogP contribution is -2.48. The molecule has 0 radical (unpaired) electrons. The number of Topliss-reactive ketones (excluding diaryl/α,β-unsaturated/α-hetero) is 1. The van der Waals surface area contributed by atoms with Gasteiger partial charge < -0.3 is 15.4 Å². The maximum absolute atomic E-state index is 12.4. The maximum atomic E-state index is 12.4. The van der Waals surface area contributed by atoms with Gasteiger partial charge in [-0.3, -0.25) is 9.69 Å². The van der Waals surface area contributed by atoms with Gasteiger partial charge in [-0.05, 0) is 18.9 Å². The van der Waals surface area contributed by atoms with Gasteiger partial charge in [-0.25, -0.2) is 4.79 Å². The second-order valence-electron chi connectivity index (χ2n) is 5.61. The van der Waals surface area contributed by atoms with E-state index in [4.69, 9.17) is 4.74 Å². The van der Waals surface area contributed by atoms with Crippen LogP contribution in [0.25, 0.3) is 0 Å². The zero-order valence-electron chi connectivity index (χ0n) is 13.5. The van der Waals surface area contributed by atoms with Crippen LogP contribution in [0.4, 0.5) is 4.79 Å². The number of carbonyl (C=O) groups is 2. The summed E-state index contributed by atoms with van der Waals surface area (Å²) >= 11 is 0. The van der Waals surface area contributed by atoms with Crippen LogP contribution < -0.4 is 10.6 Å². The molecule has 2 atom stereocenters. The van der Waals surface area contributed by atoms with Crippen molar-refractivity contribution >= 4 is 11.8 Å². The number of rotatable bonds is 8. The zero-order valence-corrected chi connectivity index (χ0v) is 13.5. The van der Waals surface area contributed by atoms with E-state index in [-0.39, 0.29) is 23.8 Å². The van der Waals surface area contributed by atoms with Crippen LogP contribution in [0.5, 0.6) is 0 Å². The van der Waals surface area contributed by atoms with Crippen molar-refractivity contribution in [2.75, 3.05) is 39.9 Å². The molecule has 1 fully saturated rings. The molecule has 0 aromatic heterocycles. The molecule has 0 saturated carbocycles. The summed E-state index contributed by atoms with van der Waals surface area (Å²) in [6.45, 7) is 8.40. The lowest BCUT2D eigenvalue weighted by Gasteiger charge is -2.27. The third-order valence-electron chi connectivity index (χ3n) is 4.07. The van der Waals surface area contributed by atoms with Crippen LogP contribution in [0.2, 0.25) is 0 Å². The van der Waals surface area contributed by atoms with Gasteiger partial charge in [0.1, 0.15) is 0 Å². The van der Waals surface area contributed by atoms with Crippen LogP contribution in [0, 0.1) is 5.92 Å². The Kier molecular flexibility index (Phi) is 8.30. The van der Waals surface area contributed by atoms with Crippen LogP contribution >= 0.6 is 0 Å². The van der Waals surface area contributed by atoms with Crippen LogP contribution in [0.3, 0.4) is 0 Å². The summed E-state index contributed by atoms with van der Waals surface area (Å²) in [4.78, 5) is 26.1. The minimum Gasteiger partial charge on any atom is -0.379 e. The predicted octanol–water partition coefficient (Wildman–Crippen LogP) is 1.01. The van der Waals surface area contributed by atoms with Crippen molar-refractivity contribution in [3.05, 3.63) is 0 Å². The summed E-state index contributed by atoms with van der Waals surface area (Å²) in [5, 5.41) is 5.29. The van der Waals surface area contributed by atoms with Gasteiger partial charge >= 0.3 is 6.03 Å². The van der Waals surface area contributed by atoms with E-state index >= 15 is 0 Å². The fraction of sp³-hybridized carbons (Fsp3) is 0.867. The third kappa shape index (κ3) is 6.44. The summed E-state index contributed by atoms with van der Waals surface area (Å²) in [6.07, 6.45) is 2.21. The van der Waals surface area contributed by atoms with Crippen molar-refractivity contribution in [2.45, 2.75) is 39.2 Å². The lowest BCUT2D eigenvalue weighted by atomic mass is 9.93. The highest BCUT2D eigenvalue weighted by Crippen LogP contribution is 2.12. The monoisotopic (exact) mass is 299 g/mol. The highest BCUT2D eigenvalue weighted by molar-refractivity contribution is 5.88. The Morgan fingerprint density at radius 3 is 2.52 bits per heavy atom. The Balaban J connectivity index is 2.38. The Bertz CT molecular complexity index is 330. The van der Waals surface area contributed by atoms with Crippen molar-refractivity contribution < 1.29 is 14.3 Å². The van der Waals surface area contributed by atoms with E-state index < -0.39 is 0 Å². The molecule has 1 rings (SSSR count). The molecule has 2 N–H and O–H groups in total. The number of morpholine rings is 1. The molecule has 1 aliphatic heterocycles. The molecule has 21 heavy (non-hydrogen) atoms. The first-order valence-electron chi connectivity index (χ1n) is 7.89. The largest absolute Gasteiger partial charge is 0.379 e. The summed E-state index contributed by atoms with van der Waals surface area (Å²) in [5.41, 5.74) is 0. The highest BCUT2D eigenvalue weighted by atomic mass is 16.5. The molecule has 1 saturated heterocycles. The van der Waals surface area contributed by atoms with Gasteiger partial charge in [-0.2, -0.15) is 0 Å². The molecular formula is C15H29N3O3. The number of amides is 2. The fourth-order valence-electron chi connectivity index (χ4n) is 2.45. The average molecular weight is 299 g/mol. The van der Waals surface area contributed by atoms with Crippen LogP contribution in [-0.4, -0.2) is 62.7 Å². The zero-order chi connectivity index (χ0) is 15.7. The first-order valence-corrected chi connectivity index (χ1v) is 7.89. The number of nitrogens with one attached hydrogen (secondary N) is 2. The van der Waals surface area contributed by atoms with E-state index in [0.29, 0.717) is 6.42 Å². The van der Waals surface area contributed by atoms with Gasteiger partial charge in [-0.15, -0.1) is 0 Å². The summed E-state index contributed by atoms with van der Waals surface area (Å²) < 4.78 is 5.30. The van der Waals surface area contributed by atoms with Gasteiger partial charge in [-0.1, -0.05) is 20.3 Å². The predicted molar refractivity (Wildman–Crippen MR) is 82.3 cm³/mol. The van der Waals surface area contributed by atoms with Crippen LogP contribution in [-0.2, 0) is 9.53 Å². The summed E-state index contributed by atoms with van der Waals surface area (Å²) in [7, 11) is 1.56. The fourth-order valence-corrected chi connectivity index (χ4v) is 2.45. The van der Waals surface area contributed by atoms with Gasteiger partial charge in [0, 0.05) is 26.6 Å². The number of urea groups is 1. The molecule has 0 bridgehead atoms. The molecule has 0 aliphatic carbocycles. The van der Waals surface area contributed by atoms with Crippen LogP contribution in [0.15, 0.2) is 0 Å². The van der Waals surface area contributed by atoms with Gasteiger partial charge in [0.15, 0.2) is 5.78 Å². The smallest absolute Gasteiger partial charge is 0.315 e. The SMILES string of the molecule is CCC(C)C(NC(=O)NC)C(=O)CCCN1CCOCC1. The van der Waals surface area contributed by atoms with Crippen molar-refractivity contribution in [3.8, 4) is 0 Å². The third-order valence-corrected chi connectivity index (χ3v) is 4.07. The minimum atomic E-state index is -0.389. The van der Waals surface area contributed by atoms with Crippen molar-refractivity contribution in [3.63, 3.8) is 0 Å².